The summed E-state index contributed by atoms with van der Waals surface area (Å²) in [7, 11) is 0. The molecule has 1 N–H and O–H groups in total. The van der Waals surface area contributed by atoms with E-state index in [-0.39, 0.29) is 6.10 Å². The lowest BCUT2D eigenvalue weighted by molar-refractivity contribution is 0.0737. The predicted octanol–water partition coefficient (Wildman–Crippen LogP) is 7.79. The van der Waals surface area contributed by atoms with E-state index in [0.29, 0.717) is 22.7 Å². The van der Waals surface area contributed by atoms with Crippen molar-refractivity contribution in [2.45, 2.75) is 99.0 Å². The quantitative estimate of drug-likeness (QED) is 0.492. The highest BCUT2D eigenvalue weighted by molar-refractivity contribution is 5.33. The molecule has 0 aromatic rings. The van der Waals surface area contributed by atoms with E-state index in [4.69, 9.17) is 0 Å². The first-order valence-corrected chi connectivity index (χ1v) is 11.7. The van der Waals surface area contributed by atoms with Gasteiger partial charge < -0.3 is 5.11 Å². The molecule has 2 unspecified atom stereocenters. The SMILES string of the molecule is C=C1C(C)C/C(=C\C=C2/CCCC3(C)[C@@H](C(=C)CC)CC[C@@]23C)C[C@H]1O.CC. The number of hydrogen-bond acceptors (Lipinski definition) is 1. The van der Waals surface area contributed by atoms with Gasteiger partial charge in [-0.3, -0.25) is 0 Å². The molecule has 5 atom stereocenters. The van der Waals surface area contributed by atoms with Gasteiger partial charge in [-0.25, -0.2) is 0 Å². The van der Waals surface area contributed by atoms with Gasteiger partial charge in [0, 0.05) is 0 Å². The van der Waals surface area contributed by atoms with Crippen molar-refractivity contribution >= 4 is 0 Å². The molecule has 3 aliphatic rings. The first-order chi connectivity index (χ1) is 13.2. The Bertz CT molecular complexity index is 635. The van der Waals surface area contributed by atoms with Gasteiger partial charge in [-0.2, -0.15) is 0 Å². The zero-order valence-corrected chi connectivity index (χ0v) is 19.4. The molecule has 0 heterocycles. The van der Waals surface area contributed by atoms with E-state index in [1.165, 1.54) is 43.3 Å². The average molecular weight is 385 g/mol. The van der Waals surface area contributed by atoms with Gasteiger partial charge in [0.1, 0.15) is 0 Å². The van der Waals surface area contributed by atoms with E-state index in [9.17, 15) is 5.11 Å². The highest BCUT2D eigenvalue weighted by Crippen LogP contribution is 2.66. The van der Waals surface area contributed by atoms with E-state index < -0.39 is 0 Å². The number of hydrogen-bond donors (Lipinski definition) is 1. The summed E-state index contributed by atoms with van der Waals surface area (Å²) in [6.07, 6.45) is 13.8. The molecule has 0 aromatic carbocycles. The Morgan fingerprint density at radius 3 is 2.46 bits per heavy atom. The summed E-state index contributed by atoms with van der Waals surface area (Å²) < 4.78 is 0. The maximum Gasteiger partial charge on any atom is 0.0787 e. The summed E-state index contributed by atoms with van der Waals surface area (Å²) >= 11 is 0. The summed E-state index contributed by atoms with van der Waals surface area (Å²) in [4.78, 5) is 0. The third kappa shape index (κ3) is 3.97. The van der Waals surface area contributed by atoms with Crippen molar-refractivity contribution < 1.29 is 5.11 Å². The number of aliphatic hydroxyl groups is 1. The molecule has 1 nitrogen and oxygen atoms in total. The second-order valence-electron chi connectivity index (χ2n) is 9.62. The normalized spacial score (nSPS) is 40.8. The van der Waals surface area contributed by atoms with E-state index in [1.807, 2.05) is 13.8 Å². The second-order valence-corrected chi connectivity index (χ2v) is 9.62. The van der Waals surface area contributed by atoms with Crippen LogP contribution in [-0.2, 0) is 0 Å². The zero-order chi connectivity index (χ0) is 21.1. The van der Waals surface area contributed by atoms with Gasteiger partial charge in [0.2, 0.25) is 0 Å². The van der Waals surface area contributed by atoms with E-state index in [0.717, 1.165) is 24.8 Å². The van der Waals surface area contributed by atoms with Gasteiger partial charge >= 0.3 is 0 Å². The van der Waals surface area contributed by atoms with Crippen molar-refractivity contribution in [2.24, 2.45) is 22.7 Å². The maximum atomic E-state index is 10.2. The smallest absolute Gasteiger partial charge is 0.0787 e. The van der Waals surface area contributed by atoms with Crippen LogP contribution in [0.25, 0.3) is 0 Å². The van der Waals surface area contributed by atoms with Crippen LogP contribution in [0.4, 0.5) is 0 Å². The van der Waals surface area contributed by atoms with Crippen LogP contribution in [0.1, 0.15) is 92.9 Å². The van der Waals surface area contributed by atoms with Crippen LogP contribution >= 0.6 is 0 Å². The third-order valence-electron chi connectivity index (χ3n) is 8.37. The molecule has 0 amide bonds. The molecule has 0 aromatic heterocycles. The highest BCUT2D eigenvalue weighted by Gasteiger charge is 2.57. The molecule has 0 radical (unpaired) electrons. The third-order valence-corrected chi connectivity index (χ3v) is 8.37. The predicted molar refractivity (Wildman–Crippen MR) is 123 cm³/mol. The Balaban J connectivity index is 0.00000136. The van der Waals surface area contributed by atoms with Gasteiger partial charge in [-0.15, -0.1) is 0 Å². The lowest BCUT2D eigenvalue weighted by Crippen LogP contribution is -2.41. The molecule has 3 rings (SSSR count). The minimum absolute atomic E-state index is 0.299. The summed E-state index contributed by atoms with van der Waals surface area (Å²) in [5.74, 6) is 1.06. The molecule has 0 aliphatic heterocycles. The maximum absolute atomic E-state index is 10.2. The average Bonchev–Trinajstić information content (AvgIpc) is 2.97. The Morgan fingerprint density at radius 2 is 1.86 bits per heavy atom. The number of rotatable bonds is 3. The number of allylic oxidation sites excluding steroid dienone is 4. The van der Waals surface area contributed by atoms with Crippen LogP contribution in [-0.4, -0.2) is 11.2 Å². The van der Waals surface area contributed by atoms with Crippen molar-refractivity contribution in [3.05, 3.63) is 47.6 Å². The van der Waals surface area contributed by atoms with Crippen LogP contribution in [0.15, 0.2) is 47.6 Å². The van der Waals surface area contributed by atoms with E-state index in [1.54, 1.807) is 5.57 Å². The molecule has 0 spiro atoms. The van der Waals surface area contributed by atoms with E-state index >= 15 is 0 Å². The van der Waals surface area contributed by atoms with Gasteiger partial charge in [-0.05, 0) is 79.6 Å². The topological polar surface area (TPSA) is 20.2 Å². The first kappa shape index (κ1) is 23.2. The standard InChI is InChI=1S/C25H38O.C2H6/c1-7-17(2)22-12-14-24(5)21(9-8-13-25(22,24)6)11-10-20-15-18(3)19(4)23(26)16-20;1-2/h10-11,18,22-23,26H,2,4,7-9,12-16H2,1,3,5-6H3;1-2H3/b20-10+,21-11+;/t18?,22-,23-,24+,25?;/m1./s1. The number of aliphatic hydroxyl groups excluding tert-OH is 1. The lowest BCUT2D eigenvalue weighted by atomic mass is 9.54. The minimum Gasteiger partial charge on any atom is -0.388 e. The lowest BCUT2D eigenvalue weighted by Gasteiger charge is -2.50. The zero-order valence-electron chi connectivity index (χ0n) is 19.4. The van der Waals surface area contributed by atoms with E-state index in [2.05, 4.69) is 53.0 Å². The summed E-state index contributed by atoms with van der Waals surface area (Å²) in [6, 6.07) is 0. The van der Waals surface area contributed by atoms with Crippen molar-refractivity contribution in [1.82, 2.24) is 0 Å². The Morgan fingerprint density at radius 1 is 1.18 bits per heavy atom. The fourth-order valence-corrected chi connectivity index (χ4v) is 6.16. The van der Waals surface area contributed by atoms with Crippen LogP contribution < -0.4 is 0 Å². The summed E-state index contributed by atoms with van der Waals surface area (Å²) in [5.41, 5.74) is 6.14. The molecule has 0 saturated heterocycles. The van der Waals surface area contributed by atoms with Gasteiger partial charge in [0.25, 0.3) is 0 Å². The molecule has 28 heavy (non-hydrogen) atoms. The van der Waals surface area contributed by atoms with Gasteiger partial charge in [0.15, 0.2) is 0 Å². The van der Waals surface area contributed by atoms with Crippen molar-refractivity contribution in [2.75, 3.05) is 0 Å². The molecular weight excluding hydrogens is 340 g/mol. The molecule has 0 bridgehead atoms. The fraction of sp³-hybridized carbons (Fsp3) is 0.704. The molecule has 3 aliphatic carbocycles. The Labute approximate surface area is 174 Å². The molecule has 3 saturated carbocycles. The minimum atomic E-state index is -0.362. The largest absolute Gasteiger partial charge is 0.388 e. The second kappa shape index (κ2) is 9.16. The van der Waals surface area contributed by atoms with Crippen LogP contribution in [0, 0.1) is 22.7 Å². The monoisotopic (exact) mass is 384 g/mol. The summed E-state index contributed by atoms with van der Waals surface area (Å²) in [6.45, 7) is 22.0. The van der Waals surface area contributed by atoms with Crippen LogP contribution in [0.5, 0.6) is 0 Å². The fourth-order valence-electron chi connectivity index (χ4n) is 6.16. The van der Waals surface area contributed by atoms with Crippen molar-refractivity contribution in [3.63, 3.8) is 0 Å². The number of fused-ring (bicyclic) bond motifs is 1. The van der Waals surface area contributed by atoms with Crippen LogP contribution in [0.3, 0.4) is 0 Å². The van der Waals surface area contributed by atoms with Crippen molar-refractivity contribution in [3.8, 4) is 0 Å². The van der Waals surface area contributed by atoms with Gasteiger partial charge in [0.05, 0.1) is 6.10 Å². The molecular formula is C27H44O. The molecule has 3 fully saturated rings. The highest BCUT2D eigenvalue weighted by atomic mass is 16.3. The Hall–Kier alpha value is -1.08. The van der Waals surface area contributed by atoms with Crippen molar-refractivity contribution in [1.29, 1.82) is 0 Å². The molecule has 1 heteroatoms. The Kier molecular flexibility index (Phi) is 7.59. The molecule has 158 valence electrons. The van der Waals surface area contributed by atoms with Crippen LogP contribution in [0.2, 0.25) is 0 Å². The first-order valence-electron chi connectivity index (χ1n) is 11.7. The van der Waals surface area contributed by atoms with Gasteiger partial charge in [-0.1, -0.05) is 83.6 Å². The summed E-state index contributed by atoms with van der Waals surface area (Å²) in [5, 5.41) is 10.2.